The lowest BCUT2D eigenvalue weighted by Gasteiger charge is -2.18. The molecule has 0 aliphatic heterocycles. The number of hydrogen-bond donors (Lipinski definition) is 4. The van der Waals surface area contributed by atoms with Gasteiger partial charge in [0, 0.05) is 11.4 Å². The topological polar surface area (TPSA) is 112 Å². The molecule has 0 heterocycles. The predicted octanol–water partition coefficient (Wildman–Crippen LogP) is 4.40. The number of alkyl halides is 3. The lowest BCUT2D eigenvalue weighted by molar-refractivity contribution is -0.153. The Morgan fingerprint density at radius 3 is 2.15 bits per heavy atom. The number of allylic oxidation sites excluding steroid dienone is 1. The minimum atomic E-state index is -4.57. The zero-order valence-corrected chi connectivity index (χ0v) is 18.2. The fourth-order valence-electron chi connectivity index (χ4n) is 2.66. The number of anilines is 2. The molecule has 0 saturated carbocycles. The number of para-hydroxylation sites is 2. The number of halogens is 3. The molecule has 0 bridgehead atoms. The summed E-state index contributed by atoms with van der Waals surface area (Å²) in [5, 5.41) is 22.5. The number of aliphatic hydroxyl groups is 1. The maximum absolute atomic E-state index is 12.8. The zero-order valence-electron chi connectivity index (χ0n) is 18.2. The van der Waals surface area contributed by atoms with Crippen LogP contribution in [0.4, 0.5) is 24.5 Å². The second-order valence-corrected chi connectivity index (χ2v) is 7.69. The Bertz CT molecular complexity index is 1060. The maximum atomic E-state index is 12.8. The van der Waals surface area contributed by atoms with E-state index in [2.05, 4.69) is 10.6 Å². The van der Waals surface area contributed by atoms with Gasteiger partial charge in [-0.25, -0.2) is 0 Å². The molecule has 2 amide bonds. The van der Waals surface area contributed by atoms with Gasteiger partial charge in [0.1, 0.15) is 11.3 Å². The Hall–Kier alpha value is -3.66. The van der Waals surface area contributed by atoms with E-state index in [0.717, 1.165) is 6.08 Å². The number of nitrogens with one attached hydrogen (secondary N) is 3. The van der Waals surface area contributed by atoms with Crippen molar-refractivity contribution in [3.05, 3.63) is 65.7 Å². The van der Waals surface area contributed by atoms with E-state index in [1.807, 2.05) is 0 Å². The molecular formula is C23H24F3N3O4. The molecule has 0 saturated heterocycles. The van der Waals surface area contributed by atoms with Crippen molar-refractivity contribution in [2.24, 2.45) is 0 Å². The van der Waals surface area contributed by atoms with Crippen molar-refractivity contribution in [3.63, 3.8) is 0 Å². The van der Waals surface area contributed by atoms with Gasteiger partial charge in [-0.15, -0.1) is 0 Å². The number of carbonyl (C=O) groups is 2. The highest BCUT2D eigenvalue weighted by atomic mass is 19.4. The van der Waals surface area contributed by atoms with E-state index in [1.165, 1.54) is 43.3 Å². The van der Waals surface area contributed by atoms with Gasteiger partial charge < -0.3 is 25.9 Å². The van der Waals surface area contributed by atoms with Crippen LogP contribution < -0.4 is 15.4 Å². The largest absolute Gasteiger partial charge is 0.482 e. The number of carbonyl (C=O) groups excluding carboxylic acids is 2. The molecule has 0 radical (unpaired) electrons. The van der Waals surface area contributed by atoms with E-state index in [4.69, 9.17) is 10.1 Å². The van der Waals surface area contributed by atoms with E-state index in [-0.39, 0.29) is 17.1 Å². The number of amides is 2. The summed E-state index contributed by atoms with van der Waals surface area (Å²) in [5.74, 6) is -1.99. The second-order valence-electron chi connectivity index (χ2n) is 7.69. The van der Waals surface area contributed by atoms with Crippen LogP contribution in [0.3, 0.4) is 0 Å². The maximum Gasteiger partial charge on any atom is 0.422 e. The number of hydrogen-bond acceptors (Lipinski definition) is 5. The highest BCUT2D eigenvalue weighted by Crippen LogP contribution is 2.27. The molecular weight excluding hydrogens is 439 g/mol. The summed E-state index contributed by atoms with van der Waals surface area (Å²) in [4.78, 5) is 25.5. The van der Waals surface area contributed by atoms with Crippen molar-refractivity contribution >= 4 is 28.9 Å². The smallest absolute Gasteiger partial charge is 0.422 e. The van der Waals surface area contributed by atoms with E-state index in [9.17, 15) is 27.9 Å². The van der Waals surface area contributed by atoms with Crippen LogP contribution in [0.15, 0.2) is 60.2 Å². The molecule has 2 aromatic carbocycles. The van der Waals surface area contributed by atoms with Gasteiger partial charge in [-0.05, 0) is 56.7 Å². The van der Waals surface area contributed by atoms with Crippen molar-refractivity contribution < 1.29 is 32.6 Å². The van der Waals surface area contributed by atoms with Crippen LogP contribution in [0.2, 0.25) is 0 Å². The van der Waals surface area contributed by atoms with Gasteiger partial charge in [0.15, 0.2) is 6.61 Å². The second kappa shape index (κ2) is 10.3. The third kappa shape index (κ3) is 8.08. The Morgan fingerprint density at radius 2 is 1.61 bits per heavy atom. The van der Waals surface area contributed by atoms with Crippen LogP contribution in [0, 0.1) is 5.41 Å². The van der Waals surface area contributed by atoms with Gasteiger partial charge in [-0.3, -0.25) is 9.59 Å². The van der Waals surface area contributed by atoms with Crippen molar-refractivity contribution in [2.75, 3.05) is 17.2 Å². The van der Waals surface area contributed by atoms with Crippen LogP contribution in [0.5, 0.6) is 5.75 Å². The average molecular weight is 463 g/mol. The van der Waals surface area contributed by atoms with Crippen molar-refractivity contribution in [1.82, 2.24) is 0 Å². The molecule has 2 aromatic rings. The summed E-state index contributed by atoms with van der Waals surface area (Å²) in [7, 11) is 0. The minimum absolute atomic E-state index is 0.0670. The summed E-state index contributed by atoms with van der Waals surface area (Å²) in [5.41, 5.74) is -0.716. The first kappa shape index (κ1) is 25.6. The SMILES string of the molecule is CC(=N)/C=C(/C(=O)Nc1ccc(C(C)(C)O)cc1)C(=O)Nc1ccccc1OCC(F)(F)F. The number of rotatable bonds is 8. The Kier molecular flexibility index (Phi) is 7.99. The van der Waals surface area contributed by atoms with E-state index in [1.54, 1.807) is 26.0 Å². The van der Waals surface area contributed by atoms with Crippen molar-refractivity contribution in [2.45, 2.75) is 32.5 Å². The van der Waals surface area contributed by atoms with Gasteiger partial charge >= 0.3 is 6.18 Å². The number of ether oxygens (including phenoxy) is 1. The van der Waals surface area contributed by atoms with E-state index >= 15 is 0 Å². The zero-order chi connectivity index (χ0) is 24.8. The monoisotopic (exact) mass is 463 g/mol. The highest BCUT2D eigenvalue weighted by molar-refractivity contribution is 6.28. The van der Waals surface area contributed by atoms with E-state index < -0.39 is 35.8 Å². The minimum Gasteiger partial charge on any atom is -0.482 e. The van der Waals surface area contributed by atoms with Crippen LogP contribution in [0.1, 0.15) is 26.3 Å². The first-order valence-corrected chi connectivity index (χ1v) is 9.77. The van der Waals surface area contributed by atoms with Gasteiger partial charge in [0.25, 0.3) is 11.8 Å². The third-order valence-electron chi connectivity index (χ3n) is 4.23. The molecule has 10 heteroatoms. The molecule has 33 heavy (non-hydrogen) atoms. The molecule has 0 aliphatic carbocycles. The van der Waals surface area contributed by atoms with Crippen LogP contribution in [-0.4, -0.2) is 35.4 Å². The third-order valence-corrected chi connectivity index (χ3v) is 4.23. The summed E-state index contributed by atoms with van der Waals surface area (Å²) in [6.45, 7) is 3.02. The van der Waals surface area contributed by atoms with Crippen molar-refractivity contribution in [1.29, 1.82) is 5.41 Å². The number of benzene rings is 2. The molecule has 0 aliphatic rings. The fraction of sp³-hybridized carbons (Fsp3) is 0.261. The normalized spacial score (nSPS) is 12.2. The molecule has 7 nitrogen and oxygen atoms in total. The Morgan fingerprint density at radius 1 is 1.03 bits per heavy atom. The highest BCUT2D eigenvalue weighted by Gasteiger charge is 2.29. The summed E-state index contributed by atoms with van der Waals surface area (Å²) >= 11 is 0. The summed E-state index contributed by atoms with van der Waals surface area (Å²) in [6, 6.07) is 11.8. The molecule has 2 rings (SSSR count). The molecule has 0 fully saturated rings. The molecule has 0 spiro atoms. The molecule has 0 atom stereocenters. The van der Waals surface area contributed by atoms with Crippen LogP contribution >= 0.6 is 0 Å². The van der Waals surface area contributed by atoms with Gasteiger partial charge in [-0.1, -0.05) is 24.3 Å². The molecule has 0 aromatic heterocycles. The Balaban J connectivity index is 2.21. The van der Waals surface area contributed by atoms with Crippen molar-refractivity contribution in [3.8, 4) is 5.75 Å². The summed E-state index contributed by atoms with van der Waals surface area (Å²) < 4.78 is 42.2. The van der Waals surface area contributed by atoms with Gasteiger partial charge in [-0.2, -0.15) is 13.2 Å². The quantitative estimate of drug-likeness (QED) is 0.201. The molecule has 4 N–H and O–H groups in total. The summed E-state index contributed by atoms with van der Waals surface area (Å²) in [6.07, 6.45) is -3.53. The lowest BCUT2D eigenvalue weighted by Crippen LogP contribution is -2.26. The molecule has 176 valence electrons. The lowest BCUT2D eigenvalue weighted by atomic mass is 9.98. The predicted molar refractivity (Wildman–Crippen MR) is 118 cm³/mol. The van der Waals surface area contributed by atoms with Gasteiger partial charge in [0.05, 0.1) is 11.3 Å². The fourth-order valence-corrected chi connectivity index (χ4v) is 2.66. The first-order valence-electron chi connectivity index (χ1n) is 9.77. The first-order chi connectivity index (χ1) is 15.3. The standard InChI is InChI=1S/C23H24F3N3O4/c1-14(27)12-17(20(30)28-16-10-8-15(9-11-16)22(2,3)32)21(31)29-18-6-4-5-7-19(18)33-13-23(24,25)26/h4-12,27,32H,13H2,1-3H3,(H,28,30)(H,29,31)/b17-12-,27-14?. The van der Waals surface area contributed by atoms with E-state index in [0.29, 0.717) is 11.3 Å². The Labute approximate surface area is 188 Å². The molecule has 0 unspecified atom stereocenters. The van der Waals surface area contributed by atoms with Crippen LogP contribution in [-0.2, 0) is 15.2 Å². The average Bonchev–Trinajstić information content (AvgIpc) is 2.70. The van der Waals surface area contributed by atoms with Gasteiger partial charge in [0.2, 0.25) is 0 Å². The van der Waals surface area contributed by atoms with Crippen LogP contribution in [0.25, 0.3) is 0 Å².